The Hall–Kier alpha value is -2.00. The van der Waals surface area contributed by atoms with E-state index in [0.29, 0.717) is 0 Å². The highest BCUT2D eigenvalue weighted by molar-refractivity contribution is 7.91. The summed E-state index contributed by atoms with van der Waals surface area (Å²) in [6.07, 6.45) is 4.17. The van der Waals surface area contributed by atoms with Gasteiger partial charge in [-0.1, -0.05) is 12.2 Å². The van der Waals surface area contributed by atoms with Crippen molar-refractivity contribution in [1.29, 1.82) is 0 Å². The van der Waals surface area contributed by atoms with Crippen molar-refractivity contribution in [1.82, 2.24) is 19.7 Å². The van der Waals surface area contributed by atoms with Gasteiger partial charge in [-0.3, -0.25) is 0 Å². The normalized spacial score (nSPS) is 11.1. The molecule has 0 saturated carbocycles. The van der Waals surface area contributed by atoms with Crippen LogP contribution in [-0.2, 0) is 14.6 Å². The molecule has 1 heterocycles. The van der Waals surface area contributed by atoms with Crippen molar-refractivity contribution in [2.75, 3.05) is 32.6 Å². The van der Waals surface area contributed by atoms with Gasteiger partial charge in [0.1, 0.15) is 6.33 Å². The largest absolute Gasteiger partial charge is 0.384 e. The van der Waals surface area contributed by atoms with Gasteiger partial charge in [-0.2, -0.15) is 4.68 Å². The second-order valence-corrected chi connectivity index (χ2v) is 6.05. The molecular formula is C12H18N4O4S. The van der Waals surface area contributed by atoms with Crippen molar-refractivity contribution >= 4 is 15.9 Å². The molecule has 0 N–H and O–H groups in total. The van der Waals surface area contributed by atoms with E-state index in [9.17, 15) is 13.2 Å². The SMILES string of the molecule is C=CCN(CC=C)C(=O)n1cnc(S(=O)(=O)CCOC)n1. The Labute approximate surface area is 123 Å². The molecular weight excluding hydrogens is 296 g/mol. The fourth-order valence-corrected chi connectivity index (χ4v) is 2.44. The van der Waals surface area contributed by atoms with Crippen molar-refractivity contribution < 1.29 is 17.9 Å². The number of carbonyl (C=O) groups excluding carboxylic acids is 1. The van der Waals surface area contributed by atoms with E-state index in [4.69, 9.17) is 4.74 Å². The lowest BCUT2D eigenvalue weighted by Gasteiger charge is -2.17. The van der Waals surface area contributed by atoms with E-state index in [0.717, 1.165) is 11.0 Å². The van der Waals surface area contributed by atoms with Crippen LogP contribution in [0.4, 0.5) is 4.79 Å². The molecule has 1 amide bonds. The van der Waals surface area contributed by atoms with Crippen molar-refractivity contribution in [2.45, 2.75) is 5.16 Å². The molecule has 0 saturated heterocycles. The van der Waals surface area contributed by atoms with Crippen LogP contribution in [-0.4, -0.2) is 66.7 Å². The van der Waals surface area contributed by atoms with E-state index in [1.807, 2.05) is 0 Å². The minimum Gasteiger partial charge on any atom is -0.384 e. The predicted octanol–water partition coefficient (Wildman–Crippen LogP) is 0.340. The predicted molar refractivity (Wildman–Crippen MR) is 76.7 cm³/mol. The lowest BCUT2D eigenvalue weighted by Crippen LogP contribution is -2.35. The van der Waals surface area contributed by atoms with Crippen LogP contribution in [0.3, 0.4) is 0 Å². The number of hydrogen-bond acceptors (Lipinski definition) is 6. The molecule has 0 bridgehead atoms. The summed E-state index contributed by atoms with van der Waals surface area (Å²) in [5, 5.41) is 3.32. The summed E-state index contributed by atoms with van der Waals surface area (Å²) in [7, 11) is -2.27. The van der Waals surface area contributed by atoms with Gasteiger partial charge < -0.3 is 9.64 Å². The minimum atomic E-state index is -3.66. The molecule has 0 aliphatic rings. The number of aromatic nitrogens is 3. The standard InChI is InChI=1S/C12H18N4O4S/c1-4-6-15(7-5-2)12(17)16-10-13-11(14-16)21(18,19)9-8-20-3/h4-5,10H,1-2,6-9H2,3H3. The van der Waals surface area contributed by atoms with Gasteiger partial charge in [-0.25, -0.2) is 18.2 Å². The highest BCUT2D eigenvalue weighted by Gasteiger charge is 2.22. The van der Waals surface area contributed by atoms with Gasteiger partial charge in [0, 0.05) is 20.2 Å². The molecule has 9 heteroatoms. The van der Waals surface area contributed by atoms with Crippen LogP contribution in [0, 0.1) is 0 Å². The topological polar surface area (TPSA) is 94.4 Å². The summed E-state index contributed by atoms with van der Waals surface area (Å²) >= 11 is 0. The number of carbonyl (C=O) groups is 1. The van der Waals surface area contributed by atoms with E-state index in [1.165, 1.54) is 12.0 Å². The third-order valence-electron chi connectivity index (χ3n) is 2.47. The first-order chi connectivity index (χ1) is 9.96. The molecule has 0 atom stereocenters. The number of ether oxygens (including phenoxy) is 1. The van der Waals surface area contributed by atoms with E-state index in [2.05, 4.69) is 23.2 Å². The maximum Gasteiger partial charge on any atom is 0.346 e. The lowest BCUT2D eigenvalue weighted by atomic mass is 10.5. The number of methoxy groups -OCH3 is 1. The fraction of sp³-hybridized carbons (Fsp3) is 0.417. The number of amides is 1. The molecule has 0 unspecified atom stereocenters. The highest BCUT2D eigenvalue weighted by Crippen LogP contribution is 2.05. The number of rotatable bonds is 8. The zero-order chi connectivity index (χ0) is 15.9. The third kappa shape index (κ3) is 4.50. The Bertz CT molecular complexity index is 599. The Morgan fingerprint density at radius 1 is 1.43 bits per heavy atom. The molecule has 0 aliphatic carbocycles. The maximum absolute atomic E-state index is 12.2. The monoisotopic (exact) mass is 314 g/mol. The Morgan fingerprint density at radius 3 is 2.57 bits per heavy atom. The second kappa shape index (κ2) is 7.70. The van der Waals surface area contributed by atoms with E-state index in [-0.39, 0.29) is 25.4 Å². The van der Waals surface area contributed by atoms with Gasteiger partial charge in [-0.15, -0.1) is 18.3 Å². The Morgan fingerprint density at radius 2 is 2.05 bits per heavy atom. The molecule has 0 spiro atoms. The molecule has 21 heavy (non-hydrogen) atoms. The summed E-state index contributed by atoms with van der Waals surface area (Å²) in [5.74, 6) is -0.245. The van der Waals surface area contributed by atoms with Gasteiger partial charge in [0.15, 0.2) is 0 Å². The number of sulfone groups is 1. The van der Waals surface area contributed by atoms with Crippen LogP contribution >= 0.6 is 0 Å². The van der Waals surface area contributed by atoms with Gasteiger partial charge in [0.25, 0.3) is 5.16 Å². The summed E-state index contributed by atoms with van der Waals surface area (Å²) < 4.78 is 29.3. The molecule has 0 aliphatic heterocycles. The van der Waals surface area contributed by atoms with Gasteiger partial charge in [-0.05, 0) is 0 Å². The van der Waals surface area contributed by atoms with Crippen LogP contribution in [0.25, 0.3) is 0 Å². The van der Waals surface area contributed by atoms with E-state index >= 15 is 0 Å². The molecule has 1 rings (SSSR count). The first kappa shape index (κ1) is 17.1. The van der Waals surface area contributed by atoms with Gasteiger partial charge in [0.2, 0.25) is 9.84 Å². The molecule has 0 aromatic carbocycles. The minimum absolute atomic E-state index is 0.0316. The summed E-state index contributed by atoms with van der Waals surface area (Å²) in [4.78, 5) is 17.2. The highest BCUT2D eigenvalue weighted by atomic mass is 32.2. The molecule has 116 valence electrons. The molecule has 8 nitrogen and oxygen atoms in total. The quantitative estimate of drug-likeness (QED) is 0.642. The van der Waals surface area contributed by atoms with Crippen LogP contribution in [0.15, 0.2) is 36.8 Å². The average molecular weight is 314 g/mol. The fourth-order valence-electron chi connectivity index (χ4n) is 1.45. The molecule has 0 radical (unpaired) electrons. The second-order valence-electron chi connectivity index (χ2n) is 4.05. The van der Waals surface area contributed by atoms with Crippen molar-refractivity contribution in [3.8, 4) is 0 Å². The third-order valence-corrected chi connectivity index (χ3v) is 3.92. The van der Waals surface area contributed by atoms with Crippen molar-refractivity contribution in [2.24, 2.45) is 0 Å². The van der Waals surface area contributed by atoms with Crippen molar-refractivity contribution in [3.05, 3.63) is 31.6 Å². The van der Waals surface area contributed by atoms with Gasteiger partial charge in [0.05, 0.1) is 12.4 Å². The number of hydrogen-bond donors (Lipinski definition) is 0. The average Bonchev–Trinajstić information content (AvgIpc) is 2.95. The van der Waals surface area contributed by atoms with Crippen LogP contribution in [0.2, 0.25) is 0 Å². The van der Waals surface area contributed by atoms with Crippen LogP contribution in [0.5, 0.6) is 0 Å². The zero-order valence-electron chi connectivity index (χ0n) is 11.8. The maximum atomic E-state index is 12.2. The first-order valence-electron chi connectivity index (χ1n) is 6.10. The Kier molecular flexibility index (Phi) is 6.25. The Balaban J connectivity index is 2.94. The molecule has 1 aromatic heterocycles. The van der Waals surface area contributed by atoms with Crippen LogP contribution in [0.1, 0.15) is 0 Å². The first-order valence-corrected chi connectivity index (χ1v) is 7.76. The molecule has 0 fully saturated rings. The summed E-state index contributed by atoms with van der Waals surface area (Å²) in [5.41, 5.74) is 0. The summed E-state index contributed by atoms with van der Waals surface area (Å²) in [6.45, 7) is 7.72. The van der Waals surface area contributed by atoms with Crippen molar-refractivity contribution in [3.63, 3.8) is 0 Å². The zero-order valence-corrected chi connectivity index (χ0v) is 12.6. The van der Waals surface area contributed by atoms with E-state index < -0.39 is 21.0 Å². The lowest BCUT2D eigenvalue weighted by molar-refractivity contribution is 0.206. The number of nitrogens with zero attached hydrogens (tertiary/aromatic N) is 4. The smallest absolute Gasteiger partial charge is 0.346 e. The van der Waals surface area contributed by atoms with Gasteiger partial charge >= 0.3 is 6.03 Å². The van der Waals surface area contributed by atoms with E-state index in [1.54, 1.807) is 12.2 Å². The summed E-state index contributed by atoms with van der Waals surface area (Å²) in [6, 6.07) is -0.504. The molecule has 1 aromatic rings. The van der Waals surface area contributed by atoms with Crippen LogP contribution < -0.4 is 0 Å².